The van der Waals surface area contributed by atoms with Crippen LogP contribution in [0.25, 0.3) is 0 Å². The van der Waals surface area contributed by atoms with Gasteiger partial charge < -0.3 is 15.0 Å². The zero-order valence-electron chi connectivity index (χ0n) is 14.5. The second kappa shape index (κ2) is 7.23. The number of carbonyl (C=O) groups excluding carboxylic acids is 2. The number of fused-ring (bicyclic) bond motifs is 1. The molecular formula is C17H26N4O3. The molecule has 1 aliphatic heterocycles. The summed E-state index contributed by atoms with van der Waals surface area (Å²) in [6.07, 6.45) is 3.56. The van der Waals surface area contributed by atoms with E-state index in [1.807, 2.05) is 29.5 Å². The molecule has 0 saturated heterocycles. The lowest BCUT2D eigenvalue weighted by Crippen LogP contribution is -2.38. The van der Waals surface area contributed by atoms with Crippen molar-refractivity contribution in [1.29, 1.82) is 0 Å². The van der Waals surface area contributed by atoms with Gasteiger partial charge in [-0.2, -0.15) is 5.10 Å². The average molecular weight is 334 g/mol. The first-order valence-electron chi connectivity index (χ1n) is 8.82. The van der Waals surface area contributed by atoms with Gasteiger partial charge in [-0.05, 0) is 39.2 Å². The first-order valence-corrected chi connectivity index (χ1v) is 8.82. The van der Waals surface area contributed by atoms with Crippen LogP contribution in [0.4, 0.5) is 4.79 Å². The van der Waals surface area contributed by atoms with E-state index in [1.54, 1.807) is 0 Å². The number of carbonyl (C=O) groups is 2. The molecule has 1 aromatic rings. The highest BCUT2D eigenvalue weighted by molar-refractivity contribution is 5.79. The molecule has 7 heteroatoms. The predicted octanol–water partition coefficient (Wildman–Crippen LogP) is 2.05. The van der Waals surface area contributed by atoms with E-state index in [0.29, 0.717) is 13.1 Å². The smallest absolute Gasteiger partial charge is 0.407 e. The molecule has 2 amide bonds. The molecule has 7 nitrogen and oxygen atoms in total. The van der Waals surface area contributed by atoms with E-state index in [4.69, 9.17) is 4.74 Å². The fraction of sp³-hybridized carbons (Fsp3) is 0.706. The van der Waals surface area contributed by atoms with Crippen molar-refractivity contribution in [3.05, 3.63) is 17.5 Å². The number of ether oxygens (including phenoxy) is 1. The molecule has 0 atom stereocenters. The molecule has 0 spiro atoms. The van der Waals surface area contributed by atoms with Crippen LogP contribution in [0.5, 0.6) is 0 Å². The van der Waals surface area contributed by atoms with Crippen LogP contribution in [-0.4, -0.2) is 39.3 Å². The molecule has 0 aromatic carbocycles. The highest BCUT2D eigenvalue weighted by atomic mass is 16.6. The summed E-state index contributed by atoms with van der Waals surface area (Å²) in [5.74, 6) is 0.516. The Morgan fingerprint density at radius 2 is 2.12 bits per heavy atom. The Labute approximate surface area is 142 Å². The Morgan fingerprint density at radius 1 is 1.33 bits per heavy atom. The summed E-state index contributed by atoms with van der Waals surface area (Å²) in [4.78, 5) is 26.0. The maximum Gasteiger partial charge on any atom is 0.407 e. The van der Waals surface area contributed by atoms with Crippen LogP contribution < -0.4 is 5.32 Å². The lowest BCUT2D eigenvalue weighted by molar-refractivity contribution is -0.138. The van der Waals surface area contributed by atoms with Gasteiger partial charge >= 0.3 is 6.09 Å². The van der Waals surface area contributed by atoms with Crippen molar-refractivity contribution in [3.63, 3.8) is 0 Å². The van der Waals surface area contributed by atoms with E-state index < -0.39 is 6.09 Å². The lowest BCUT2D eigenvalue weighted by atomic mass is 9.84. The number of amides is 2. The number of nitrogens with zero attached hydrogens (tertiary/aromatic N) is 3. The van der Waals surface area contributed by atoms with Crippen molar-refractivity contribution in [3.8, 4) is 0 Å². The molecule has 24 heavy (non-hydrogen) atoms. The monoisotopic (exact) mass is 334 g/mol. The van der Waals surface area contributed by atoms with Gasteiger partial charge in [-0.1, -0.05) is 6.42 Å². The fourth-order valence-corrected chi connectivity index (χ4v) is 3.13. The van der Waals surface area contributed by atoms with Gasteiger partial charge in [-0.3, -0.25) is 9.48 Å². The second-order valence-corrected chi connectivity index (χ2v) is 6.90. The third-order valence-electron chi connectivity index (χ3n) is 4.59. The van der Waals surface area contributed by atoms with E-state index in [1.165, 1.54) is 6.42 Å². The molecular weight excluding hydrogens is 308 g/mol. The topological polar surface area (TPSA) is 76.5 Å². The Kier molecular flexibility index (Phi) is 5.06. The Morgan fingerprint density at radius 3 is 2.79 bits per heavy atom. The molecule has 1 aliphatic carbocycles. The summed E-state index contributed by atoms with van der Waals surface area (Å²) in [5, 5.41) is 7.25. The third kappa shape index (κ3) is 3.88. The molecule has 1 fully saturated rings. The predicted molar refractivity (Wildman–Crippen MR) is 88.1 cm³/mol. The molecule has 1 N–H and O–H groups in total. The van der Waals surface area contributed by atoms with Gasteiger partial charge in [-0.15, -0.1) is 0 Å². The number of aromatic nitrogens is 2. The standard InChI is InChI=1S/C17H26N4O3/c1-12(2)24-17(23)18-10-14-9-15-11-20(7-4-8-21(15)19-14)16(22)13-5-3-6-13/h9,12-13H,3-8,10-11H2,1-2H3,(H,18,23). The summed E-state index contributed by atoms with van der Waals surface area (Å²) in [6, 6.07) is 1.97. The van der Waals surface area contributed by atoms with E-state index in [0.717, 1.165) is 43.7 Å². The number of aryl methyl sites for hydroxylation is 1. The summed E-state index contributed by atoms with van der Waals surface area (Å²) >= 11 is 0. The summed E-state index contributed by atoms with van der Waals surface area (Å²) in [7, 11) is 0. The highest BCUT2D eigenvalue weighted by Crippen LogP contribution is 2.29. The molecule has 132 valence electrons. The lowest BCUT2D eigenvalue weighted by Gasteiger charge is -2.30. The molecule has 0 bridgehead atoms. The summed E-state index contributed by atoms with van der Waals surface area (Å²) < 4.78 is 7.01. The van der Waals surface area contributed by atoms with E-state index in [-0.39, 0.29) is 17.9 Å². The Bertz CT molecular complexity index is 607. The van der Waals surface area contributed by atoms with Crippen LogP contribution >= 0.6 is 0 Å². The van der Waals surface area contributed by atoms with Crippen LogP contribution in [0.15, 0.2) is 6.07 Å². The first kappa shape index (κ1) is 16.8. The third-order valence-corrected chi connectivity index (χ3v) is 4.59. The van der Waals surface area contributed by atoms with Crippen LogP contribution in [0.1, 0.15) is 50.9 Å². The number of nitrogens with one attached hydrogen (secondary N) is 1. The van der Waals surface area contributed by atoms with Gasteiger partial charge in [0.05, 0.1) is 30.6 Å². The first-order chi connectivity index (χ1) is 11.5. The van der Waals surface area contributed by atoms with Gasteiger partial charge in [-0.25, -0.2) is 4.79 Å². The quantitative estimate of drug-likeness (QED) is 0.914. The number of alkyl carbamates (subject to hydrolysis) is 1. The molecule has 3 rings (SSSR count). The molecule has 1 saturated carbocycles. The van der Waals surface area contributed by atoms with E-state index in [9.17, 15) is 9.59 Å². The van der Waals surface area contributed by atoms with Crippen molar-refractivity contribution in [1.82, 2.24) is 20.0 Å². The van der Waals surface area contributed by atoms with Crippen molar-refractivity contribution >= 4 is 12.0 Å². The number of hydrogen-bond acceptors (Lipinski definition) is 4. The van der Waals surface area contributed by atoms with E-state index in [2.05, 4.69) is 10.4 Å². The summed E-state index contributed by atoms with van der Waals surface area (Å²) in [6.45, 7) is 6.17. The SMILES string of the molecule is CC(C)OC(=O)NCc1cc2n(n1)CCCN(C(=O)C1CCC1)C2. The Hall–Kier alpha value is -2.05. The van der Waals surface area contributed by atoms with Crippen LogP contribution in [-0.2, 0) is 29.2 Å². The molecule has 0 unspecified atom stereocenters. The van der Waals surface area contributed by atoms with Gasteiger partial charge in [0.2, 0.25) is 5.91 Å². The second-order valence-electron chi connectivity index (χ2n) is 6.90. The van der Waals surface area contributed by atoms with Gasteiger partial charge in [0, 0.05) is 19.0 Å². The summed E-state index contributed by atoms with van der Waals surface area (Å²) in [5.41, 5.74) is 1.83. The normalized spacial score (nSPS) is 17.9. The minimum atomic E-state index is -0.435. The zero-order valence-corrected chi connectivity index (χ0v) is 14.5. The van der Waals surface area contributed by atoms with Gasteiger partial charge in [0.25, 0.3) is 0 Å². The fourth-order valence-electron chi connectivity index (χ4n) is 3.13. The largest absolute Gasteiger partial charge is 0.447 e. The van der Waals surface area contributed by atoms with Crippen LogP contribution in [0, 0.1) is 5.92 Å². The minimum absolute atomic E-state index is 0.144. The zero-order chi connectivity index (χ0) is 17.1. The number of hydrogen-bond donors (Lipinski definition) is 1. The highest BCUT2D eigenvalue weighted by Gasteiger charge is 2.30. The van der Waals surface area contributed by atoms with Crippen molar-refractivity contribution < 1.29 is 14.3 Å². The van der Waals surface area contributed by atoms with Crippen molar-refractivity contribution in [2.24, 2.45) is 5.92 Å². The molecule has 2 aliphatic rings. The average Bonchev–Trinajstić information content (AvgIpc) is 2.73. The van der Waals surface area contributed by atoms with Crippen molar-refractivity contribution in [2.75, 3.05) is 6.54 Å². The Balaban J connectivity index is 1.60. The van der Waals surface area contributed by atoms with Crippen LogP contribution in [0.3, 0.4) is 0 Å². The maximum absolute atomic E-state index is 12.5. The van der Waals surface area contributed by atoms with Crippen molar-refractivity contribution in [2.45, 2.75) is 65.3 Å². The number of rotatable bonds is 4. The molecule has 0 radical (unpaired) electrons. The van der Waals surface area contributed by atoms with Crippen LogP contribution in [0.2, 0.25) is 0 Å². The maximum atomic E-state index is 12.5. The van der Waals surface area contributed by atoms with Gasteiger partial charge in [0.15, 0.2) is 0 Å². The van der Waals surface area contributed by atoms with Gasteiger partial charge in [0.1, 0.15) is 0 Å². The molecule has 1 aromatic heterocycles. The van der Waals surface area contributed by atoms with E-state index >= 15 is 0 Å². The minimum Gasteiger partial charge on any atom is -0.447 e. The molecule has 2 heterocycles.